The largest absolute Gasteiger partial charge is 0.484 e. The summed E-state index contributed by atoms with van der Waals surface area (Å²) in [4.78, 5) is 0.0396. The molecular weight excluding hydrogens is 398 g/mol. The van der Waals surface area contributed by atoms with Gasteiger partial charge >= 0.3 is 0 Å². The van der Waals surface area contributed by atoms with Crippen LogP contribution >= 0.6 is 31.9 Å². The number of primary sulfonamides is 1. The van der Waals surface area contributed by atoms with Crippen LogP contribution in [0, 0.1) is 0 Å². The van der Waals surface area contributed by atoms with E-state index in [1.165, 1.54) is 12.1 Å². The molecule has 1 unspecified atom stereocenters. The molecule has 0 heterocycles. The summed E-state index contributed by atoms with van der Waals surface area (Å²) in [5.74, 6) is 0.587. The maximum absolute atomic E-state index is 11.3. The Balaban J connectivity index is 2.31. The molecule has 4 nitrogen and oxygen atoms in total. The maximum Gasteiger partial charge on any atom is 0.238 e. The molecule has 7 heteroatoms. The first-order valence-electron chi connectivity index (χ1n) is 5.73. The second kappa shape index (κ2) is 5.95. The van der Waals surface area contributed by atoms with Gasteiger partial charge in [-0.05, 0) is 69.3 Å². The zero-order chi connectivity index (χ0) is 14.0. The van der Waals surface area contributed by atoms with Gasteiger partial charge in [0.25, 0.3) is 0 Å². The van der Waals surface area contributed by atoms with E-state index in [1.54, 1.807) is 0 Å². The van der Waals surface area contributed by atoms with E-state index in [4.69, 9.17) is 9.88 Å². The van der Waals surface area contributed by atoms with Crippen LogP contribution in [0.2, 0.25) is 0 Å². The molecule has 0 amide bonds. The maximum atomic E-state index is 11.3. The second-order valence-electron chi connectivity index (χ2n) is 4.28. The Hall–Kier alpha value is -0.370. The van der Waals surface area contributed by atoms with Crippen molar-refractivity contribution in [2.75, 3.05) is 0 Å². The van der Waals surface area contributed by atoms with Crippen molar-refractivity contribution in [1.29, 1.82) is 0 Å². The highest BCUT2D eigenvalue weighted by atomic mass is 79.9. The number of nitrogens with two attached hydrogens (primary N) is 1. The highest BCUT2D eigenvalue weighted by Gasteiger charge is 2.18. The lowest BCUT2D eigenvalue weighted by atomic mass is 10.1. The van der Waals surface area contributed by atoms with Crippen LogP contribution in [-0.2, 0) is 10.0 Å². The second-order valence-corrected chi connectivity index (χ2v) is 7.55. The van der Waals surface area contributed by atoms with E-state index in [0.29, 0.717) is 14.7 Å². The number of hydrogen-bond acceptors (Lipinski definition) is 3. The molecule has 1 aliphatic rings. The highest BCUT2D eigenvalue weighted by molar-refractivity contribution is 9.11. The van der Waals surface area contributed by atoms with E-state index < -0.39 is 10.0 Å². The van der Waals surface area contributed by atoms with Gasteiger partial charge in [0.05, 0.1) is 13.8 Å². The van der Waals surface area contributed by atoms with Gasteiger partial charge in [-0.15, -0.1) is 0 Å². The standard InChI is InChI=1S/C12H13Br2NO3S/c13-10-6-9(19(15,16)17)7-11(14)12(10)18-8-4-2-1-3-5-8/h2,4,6-8H,1,3,5H2,(H2,15,16,17). The summed E-state index contributed by atoms with van der Waals surface area (Å²) in [6, 6.07) is 2.89. The van der Waals surface area contributed by atoms with E-state index in [2.05, 4.69) is 37.9 Å². The Labute approximate surface area is 129 Å². The van der Waals surface area contributed by atoms with Crippen LogP contribution in [0.4, 0.5) is 0 Å². The van der Waals surface area contributed by atoms with Crippen LogP contribution < -0.4 is 9.88 Å². The van der Waals surface area contributed by atoms with E-state index in [9.17, 15) is 8.42 Å². The van der Waals surface area contributed by atoms with Crippen LogP contribution in [0.15, 0.2) is 38.1 Å². The lowest BCUT2D eigenvalue weighted by Crippen LogP contribution is -2.17. The monoisotopic (exact) mass is 409 g/mol. The number of hydrogen-bond donors (Lipinski definition) is 1. The number of allylic oxidation sites excluding steroid dienone is 1. The summed E-state index contributed by atoms with van der Waals surface area (Å²) in [6.07, 6.45) is 7.25. The smallest absolute Gasteiger partial charge is 0.238 e. The molecule has 0 aromatic heterocycles. The number of benzene rings is 1. The molecule has 0 bridgehead atoms. The van der Waals surface area contributed by atoms with Gasteiger partial charge in [0, 0.05) is 0 Å². The van der Waals surface area contributed by atoms with Gasteiger partial charge in [-0.3, -0.25) is 0 Å². The molecule has 19 heavy (non-hydrogen) atoms. The summed E-state index contributed by atoms with van der Waals surface area (Å²) in [5.41, 5.74) is 0. The van der Waals surface area contributed by atoms with Crippen LogP contribution in [-0.4, -0.2) is 14.5 Å². The Morgan fingerprint density at radius 2 is 1.89 bits per heavy atom. The fourth-order valence-corrected chi connectivity index (χ4v) is 4.08. The molecule has 0 spiro atoms. The fourth-order valence-electron chi connectivity index (χ4n) is 1.84. The van der Waals surface area contributed by atoms with Crippen molar-refractivity contribution in [3.63, 3.8) is 0 Å². The lowest BCUT2D eigenvalue weighted by Gasteiger charge is -2.20. The van der Waals surface area contributed by atoms with Crippen molar-refractivity contribution >= 4 is 41.9 Å². The molecule has 104 valence electrons. The van der Waals surface area contributed by atoms with Crippen LogP contribution in [0.25, 0.3) is 0 Å². The fraction of sp³-hybridized carbons (Fsp3) is 0.333. The van der Waals surface area contributed by atoms with E-state index in [-0.39, 0.29) is 11.0 Å². The Kier molecular flexibility index (Phi) is 4.70. The topological polar surface area (TPSA) is 69.4 Å². The number of ether oxygens (including phenoxy) is 1. The van der Waals surface area contributed by atoms with E-state index >= 15 is 0 Å². The van der Waals surface area contributed by atoms with Crippen molar-refractivity contribution in [2.24, 2.45) is 5.14 Å². The molecular formula is C12H13Br2NO3S. The highest BCUT2D eigenvalue weighted by Crippen LogP contribution is 2.37. The summed E-state index contributed by atoms with van der Waals surface area (Å²) in [5, 5.41) is 5.11. The molecule has 2 N–H and O–H groups in total. The van der Waals surface area contributed by atoms with Gasteiger partial charge in [-0.1, -0.05) is 6.08 Å². The molecule has 0 aliphatic heterocycles. The van der Waals surface area contributed by atoms with Crippen LogP contribution in [0.1, 0.15) is 19.3 Å². The summed E-state index contributed by atoms with van der Waals surface area (Å²) >= 11 is 6.64. The average molecular weight is 411 g/mol. The predicted molar refractivity (Wildman–Crippen MR) is 80.6 cm³/mol. The van der Waals surface area contributed by atoms with E-state index in [1.807, 2.05) is 6.08 Å². The van der Waals surface area contributed by atoms with Gasteiger partial charge in [0.2, 0.25) is 10.0 Å². The van der Waals surface area contributed by atoms with Gasteiger partial charge in [-0.25, -0.2) is 13.6 Å². The molecule has 0 radical (unpaired) electrons. The third kappa shape index (κ3) is 3.81. The minimum atomic E-state index is -3.73. The minimum absolute atomic E-state index is 0.0154. The van der Waals surface area contributed by atoms with Gasteiger partial charge in [0.15, 0.2) is 0 Å². The minimum Gasteiger partial charge on any atom is -0.484 e. The summed E-state index contributed by atoms with van der Waals surface area (Å²) in [7, 11) is -3.73. The zero-order valence-corrected chi connectivity index (χ0v) is 14.0. The van der Waals surface area contributed by atoms with E-state index in [0.717, 1.165) is 19.3 Å². The third-order valence-corrected chi connectivity index (χ3v) is 4.85. The van der Waals surface area contributed by atoms with Crippen molar-refractivity contribution in [1.82, 2.24) is 0 Å². The molecule has 1 atom stereocenters. The van der Waals surface area contributed by atoms with Crippen LogP contribution in [0.5, 0.6) is 5.75 Å². The molecule has 1 aromatic carbocycles. The Bertz CT molecular complexity index is 590. The molecule has 1 aromatic rings. The van der Waals surface area contributed by atoms with Crippen molar-refractivity contribution in [3.8, 4) is 5.75 Å². The lowest BCUT2D eigenvalue weighted by molar-refractivity contribution is 0.227. The predicted octanol–water partition coefficient (Wildman–Crippen LogP) is 3.35. The summed E-state index contributed by atoms with van der Waals surface area (Å²) < 4.78 is 29.6. The number of rotatable bonds is 3. The molecule has 2 rings (SSSR count). The van der Waals surface area contributed by atoms with Crippen LogP contribution in [0.3, 0.4) is 0 Å². The molecule has 0 fully saturated rings. The Morgan fingerprint density at radius 1 is 1.26 bits per heavy atom. The quantitative estimate of drug-likeness (QED) is 0.776. The third-order valence-electron chi connectivity index (χ3n) is 2.78. The first kappa shape index (κ1) is 15.0. The van der Waals surface area contributed by atoms with Gasteiger partial charge < -0.3 is 4.74 Å². The number of halogens is 2. The van der Waals surface area contributed by atoms with Crippen molar-refractivity contribution in [3.05, 3.63) is 33.2 Å². The first-order chi connectivity index (χ1) is 8.88. The molecule has 1 aliphatic carbocycles. The average Bonchev–Trinajstić information content (AvgIpc) is 2.33. The summed E-state index contributed by atoms with van der Waals surface area (Å²) in [6.45, 7) is 0. The van der Waals surface area contributed by atoms with Crippen molar-refractivity contribution < 1.29 is 13.2 Å². The Morgan fingerprint density at radius 3 is 2.37 bits per heavy atom. The SMILES string of the molecule is NS(=O)(=O)c1cc(Br)c(OC2C=CCCC2)c(Br)c1. The van der Waals surface area contributed by atoms with Gasteiger partial charge in [-0.2, -0.15) is 0 Å². The molecule has 0 saturated heterocycles. The zero-order valence-electron chi connectivity index (χ0n) is 9.97. The first-order valence-corrected chi connectivity index (χ1v) is 8.86. The number of sulfonamides is 1. The van der Waals surface area contributed by atoms with Gasteiger partial charge in [0.1, 0.15) is 11.9 Å². The van der Waals surface area contributed by atoms with Crippen molar-refractivity contribution in [2.45, 2.75) is 30.3 Å². The normalized spacial score (nSPS) is 19.4. The molecule has 0 saturated carbocycles.